The zero-order chi connectivity index (χ0) is 15.2. The van der Waals surface area contributed by atoms with Gasteiger partial charge in [-0.15, -0.1) is 0 Å². The van der Waals surface area contributed by atoms with Crippen molar-refractivity contribution >= 4 is 28.9 Å². The van der Waals surface area contributed by atoms with Crippen LogP contribution in [0, 0.1) is 0 Å². The minimum Gasteiger partial charge on any atom is -0.494 e. The summed E-state index contributed by atoms with van der Waals surface area (Å²) < 4.78 is 5.58. The van der Waals surface area contributed by atoms with Gasteiger partial charge in [-0.25, -0.2) is 0 Å². The minimum atomic E-state index is 0.169. The van der Waals surface area contributed by atoms with E-state index in [-0.39, 0.29) is 6.04 Å². The van der Waals surface area contributed by atoms with Crippen LogP contribution in [0.5, 0.6) is 5.75 Å². The van der Waals surface area contributed by atoms with Gasteiger partial charge in [0, 0.05) is 11.7 Å². The Bertz CT molecular complexity index is 584. The molecule has 0 saturated heterocycles. The fourth-order valence-electron chi connectivity index (χ4n) is 1.99. The van der Waals surface area contributed by atoms with Gasteiger partial charge in [0.15, 0.2) is 0 Å². The lowest BCUT2D eigenvalue weighted by molar-refractivity contribution is 0.317. The number of hydrogen-bond donors (Lipinski definition) is 1. The first-order valence-corrected chi connectivity index (χ1v) is 7.80. The maximum absolute atomic E-state index is 6.02. The lowest BCUT2D eigenvalue weighted by Gasteiger charge is -2.16. The Morgan fingerprint density at radius 3 is 2.38 bits per heavy atom. The molecule has 1 atom stereocenters. The highest BCUT2D eigenvalue weighted by molar-refractivity contribution is 6.42. The minimum absolute atomic E-state index is 0.169. The van der Waals surface area contributed by atoms with Crippen LogP contribution in [0.3, 0.4) is 0 Å². The molecule has 0 aliphatic rings. The van der Waals surface area contributed by atoms with Crippen LogP contribution in [0.15, 0.2) is 42.5 Å². The standard InChI is InChI=1S/C17H19Cl2NO/c1-3-10-21-15-7-4-13(5-8-15)12(2)20-14-6-9-16(18)17(19)11-14/h4-9,11-12,20H,3,10H2,1-2H3. The number of halogens is 2. The van der Waals surface area contributed by atoms with Gasteiger partial charge in [-0.1, -0.05) is 42.3 Å². The van der Waals surface area contributed by atoms with E-state index in [0.717, 1.165) is 24.5 Å². The lowest BCUT2D eigenvalue weighted by atomic mass is 10.1. The lowest BCUT2D eigenvalue weighted by Crippen LogP contribution is -2.06. The van der Waals surface area contributed by atoms with Crippen molar-refractivity contribution in [1.82, 2.24) is 0 Å². The highest BCUT2D eigenvalue weighted by Gasteiger charge is 2.07. The molecule has 2 rings (SSSR count). The summed E-state index contributed by atoms with van der Waals surface area (Å²) in [5.74, 6) is 0.905. The van der Waals surface area contributed by atoms with Gasteiger partial charge in [-0.3, -0.25) is 0 Å². The predicted octanol–water partition coefficient (Wildman–Crippen LogP) is 5.96. The van der Waals surface area contributed by atoms with Gasteiger partial charge in [0.2, 0.25) is 0 Å². The second-order valence-corrected chi connectivity index (χ2v) is 5.73. The molecule has 0 aliphatic carbocycles. The number of hydrogen-bond acceptors (Lipinski definition) is 2. The van der Waals surface area contributed by atoms with Gasteiger partial charge in [0.25, 0.3) is 0 Å². The highest BCUT2D eigenvalue weighted by atomic mass is 35.5. The second-order valence-electron chi connectivity index (χ2n) is 4.91. The first-order valence-electron chi connectivity index (χ1n) is 7.04. The molecule has 0 radical (unpaired) electrons. The monoisotopic (exact) mass is 323 g/mol. The molecule has 1 unspecified atom stereocenters. The van der Waals surface area contributed by atoms with Crippen molar-refractivity contribution in [3.8, 4) is 5.75 Å². The molecule has 0 saturated carbocycles. The number of ether oxygens (including phenoxy) is 1. The average molecular weight is 324 g/mol. The van der Waals surface area contributed by atoms with E-state index in [2.05, 4.69) is 31.3 Å². The third kappa shape index (κ3) is 4.55. The second kappa shape index (κ2) is 7.58. The van der Waals surface area contributed by atoms with Crippen LogP contribution in [0.25, 0.3) is 0 Å². The third-order valence-electron chi connectivity index (χ3n) is 3.16. The summed E-state index contributed by atoms with van der Waals surface area (Å²) in [6, 6.07) is 13.8. The van der Waals surface area contributed by atoms with Crippen molar-refractivity contribution < 1.29 is 4.74 Å². The third-order valence-corrected chi connectivity index (χ3v) is 3.89. The van der Waals surface area contributed by atoms with E-state index in [4.69, 9.17) is 27.9 Å². The van der Waals surface area contributed by atoms with Gasteiger partial charge in [-0.05, 0) is 49.2 Å². The smallest absolute Gasteiger partial charge is 0.119 e. The summed E-state index contributed by atoms with van der Waals surface area (Å²) in [7, 11) is 0. The fourth-order valence-corrected chi connectivity index (χ4v) is 2.29. The summed E-state index contributed by atoms with van der Waals surface area (Å²) >= 11 is 11.9. The molecule has 0 amide bonds. The molecule has 1 N–H and O–H groups in total. The Hall–Kier alpha value is -1.38. The van der Waals surface area contributed by atoms with Crippen LogP contribution in [0.4, 0.5) is 5.69 Å². The van der Waals surface area contributed by atoms with E-state index in [1.54, 1.807) is 6.07 Å². The first-order chi connectivity index (χ1) is 10.1. The Morgan fingerprint density at radius 1 is 1.05 bits per heavy atom. The molecule has 21 heavy (non-hydrogen) atoms. The largest absolute Gasteiger partial charge is 0.494 e. The van der Waals surface area contributed by atoms with Crippen molar-refractivity contribution in [1.29, 1.82) is 0 Å². The maximum Gasteiger partial charge on any atom is 0.119 e. The number of anilines is 1. The summed E-state index contributed by atoms with van der Waals surface area (Å²) in [5, 5.41) is 4.52. The molecule has 4 heteroatoms. The van der Waals surface area contributed by atoms with Gasteiger partial charge in [-0.2, -0.15) is 0 Å². The number of rotatable bonds is 6. The van der Waals surface area contributed by atoms with Gasteiger partial charge >= 0.3 is 0 Å². The van der Waals surface area contributed by atoms with E-state index < -0.39 is 0 Å². The van der Waals surface area contributed by atoms with E-state index in [1.165, 1.54) is 5.56 Å². The van der Waals surface area contributed by atoms with Crippen molar-refractivity contribution in [3.63, 3.8) is 0 Å². The molecule has 2 aromatic carbocycles. The molecule has 0 aromatic heterocycles. The predicted molar refractivity (Wildman–Crippen MR) is 90.7 cm³/mol. The highest BCUT2D eigenvalue weighted by Crippen LogP contribution is 2.27. The van der Waals surface area contributed by atoms with E-state index in [0.29, 0.717) is 10.0 Å². The Morgan fingerprint density at radius 2 is 1.76 bits per heavy atom. The van der Waals surface area contributed by atoms with Crippen molar-refractivity contribution in [2.75, 3.05) is 11.9 Å². The molecule has 0 bridgehead atoms. The molecule has 0 heterocycles. The Labute approximate surface area is 136 Å². The van der Waals surface area contributed by atoms with Crippen LogP contribution in [0.1, 0.15) is 31.9 Å². The van der Waals surface area contributed by atoms with Crippen molar-refractivity contribution in [2.24, 2.45) is 0 Å². The van der Waals surface area contributed by atoms with Crippen LogP contribution in [-0.2, 0) is 0 Å². The van der Waals surface area contributed by atoms with Gasteiger partial charge in [0.1, 0.15) is 5.75 Å². The molecule has 2 nitrogen and oxygen atoms in total. The molecular weight excluding hydrogens is 305 g/mol. The van der Waals surface area contributed by atoms with Gasteiger partial charge < -0.3 is 10.1 Å². The molecular formula is C17H19Cl2NO. The molecule has 0 spiro atoms. The SMILES string of the molecule is CCCOc1ccc(C(C)Nc2ccc(Cl)c(Cl)c2)cc1. The Kier molecular flexibility index (Phi) is 5.77. The summed E-state index contributed by atoms with van der Waals surface area (Å²) in [6.45, 7) is 4.94. The van der Waals surface area contributed by atoms with E-state index >= 15 is 0 Å². The molecule has 0 aliphatic heterocycles. The summed E-state index contributed by atoms with van der Waals surface area (Å²) in [5.41, 5.74) is 2.13. The van der Waals surface area contributed by atoms with Crippen LogP contribution >= 0.6 is 23.2 Å². The molecule has 112 valence electrons. The first kappa shape index (κ1) is 16.0. The summed E-state index contributed by atoms with van der Waals surface area (Å²) in [6.07, 6.45) is 1.01. The zero-order valence-electron chi connectivity index (χ0n) is 12.2. The molecule has 0 fully saturated rings. The quantitative estimate of drug-likeness (QED) is 0.708. The van der Waals surface area contributed by atoms with Crippen molar-refractivity contribution in [2.45, 2.75) is 26.3 Å². The maximum atomic E-state index is 6.02. The van der Waals surface area contributed by atoms with Crippen LogP contribution in [0.2, 0.25) is 10.0 Å². The normalized spacial score (nSPS) is 12.0. The van der Waals surface area contributed by atoms with E-state index in [9.17, 15) is 0 Å². The summed E-state index contributed by atoms with van der Waals surface area (Å²) in [4.78, 5) is 0. The number of nitrogens with one attached hydrogen (secondary N) is 1. The average Bonchev–Trinajstić information content (AvgIpc) is 2.49. The zero-order valence-corrected chi connectivity index (χ0v) is 13.7. The van der Waals surface area contributed by atoms with E-state index in [1.807, 2.05) is 24.3 Å². The fraction of sp³-hybridized carbons (Fsp3) is 0.294. The Balaban J connectivity index is 2.02. The molecule has 2 aromatic rings. The van der Waals surface area contributed by atoms with Crippen LogP contribution < -0.4 is 10.1 Å². The van der Waals surface area contributed by atoms with Crippen LogP contribution in [-0.4, -0.2) is 6.61 Å². The van der Waals surface area contributed by atoms with Gasteiger partial charge in [0.05, 0.1) is 16.7 Å². The van der Waals surface area contributed by atoms with Crippen molar-refractivity contribution in [3.05, 3.63) is 58.1 Å². The number of benzene rings is 2. The topological polar surface area (TPSA) is 21.3 Å².